The van der Waals surface area contributed by atoms with Crippen molar-refractivity contribution in [2.24, 2.45) is 0 Å². The number of amides is 1. The van der Waals surface area contributed by atoms with E-state index in [0.29, 0.717) is 29.5 Å². The van der Waals surface area contributed by atoms with E-state index in [1.807, 2.05) is 19.2 Å². The van der Waals surface area contributed by atoms with Gasteiger partial charge >= 0.3 is 6.09 Å². The Morgan fingerprint density at radius 1 is 1.22 bits per heavy atom. The smallest absolute Gasteiger partial charge is 0.437 e. The second-order valence-electron chi connectivity index (χ2n) is 7.98. The van der Waals surface area contributed by atoms with Gasteiger partial charge in [0.25, 0.3) is 0 Å². The van der Waals surface area contributed by atoms with Gasteiger partial charge in [-0.25, -0.2) is 14.8 Å². The third-order valence-corrected chi connectivity index (χ3v) is 5.42. The molecule has 4 aromatic rings. The van der Waals surface area contributed by atoms with E-state index in [9.17, 15) is 4.79 Å². The number of hydrogen-bond donors (Lipinski definition) is 2. The van der Waals surface area contributed by atoms with Gasteiger partial charge in [0.1, 0.15) is 17.8 Å². The molecule has 0 atom stereocenters. The normalized spacial score (nSPS) is 14.3. The first kappa shape index (κ1) is 20.0. The van der Waals surface area contributed by atoms with Crippen molar-refractivity contribution in [2.75, 3.05) is 12.4 Å². The number of aromatic nitrogens is 4. The van der Waals surface area contributed by atoms with Gasteiger partial charge in [0.05, 0.1) is 11.2 Å². The van der Waals surface area contributed by atoms with Crippen molar-refractivity contribution in [3.63, 3.8) is 0 Å². The van der Waals surface area contributed by atoms with Crippen LogP contribution in [0.5, 0.6) is 11.6 Å². The predicted molar refractivity (Wildman–Crippen MR) is 115 cm³/mol. The predicted octanol–water partition coefficient (Wildman–Crippen LogP) is 3.64. The molecular weight excluding hydrogens is 412 g/mol. The van der Waals surface area contributed by atoms with Crippen molar-refractivity contribution in [2.45, 2.75) is 31.7 Å². The van der Waals surface area contributed by atoms with Crippen LogP contribution in [0.4, 0.5) is 10.6 Å². The molecule has 0 saturated heterocycles. The first-order valence-electron chi connectivity index (χ1n) is 10.2. The van der Waals surface area contributed by atoms with Crippen molar-refractivity contribution < 1.29 is 18.9 Å². The second kappa shape index (κ2) is 7.97. The van der Waals surface area contributed by atoms with Crippen LogP contribution in [0.1, 0.15) is 31.2 Å². The molecule has 1 aliphatic rings. The van der Waals surface area contributed by atoms with Gasteiger partial charge in [0.15, 0.2) is 5.82 Å². The summed E-state index contributed by atoms with van der Waals surface area (Å²) in [5, 5.41) is 10.4. The molecule has 0 aliphatic heterocycles. The topological polar surface area (TPSA) is 116 Å². The fourth-order valence-corrected chi connectivity index (χ4v) is 3.34. The van der Waals surface area contributed by atoms with Crippen LogP contribution in [-0.4, -0.2) is 33.0 Å². The third-order valence-electron chi connectivity index (χ3n) is 5.42. The van der Waals surface area contributed by atoms with Gasteiger partial charge in [-0.2, -0.15) is 4.73 Å². The van der Waals surface area contributed by atoms with Crippen molar-refractivity contribution in [1.82, 2.24) is 25.2 Å². The number of benzene rings is 1. The van der Waals surface area contributed by atoms with E-state index >= 15 is 0 Å². The summed E-state index contributed by atoms with van der Waals surface area (Å²) in [5.74, 6) is 2.16. The fraction of sp³-hybridized carbons (Fsp3) is 0.273. The lowest BCUT2D eigenvalue weighted by atomic mass is 10.1. The van der Waals surface area contributed by atoms with Gasteiger partial charge in [0.2, 0.25) is 5.88 Å². The summed E-state index contributed by atoms with van der Waals surface area (Å²) in [5.41, 5.74) is 1.57. The summed E-state index contributed by atoms with van der Waals surface area (Å²) >= 11 is 0. The lowest BCUT2D eigenvalue weighted by Gasteiger charge is -2.08. The highest BCUT2D eigenvalue weighted by molar-refractivity contribution is 5.86. The molecule has 1 aromatic carbocycles. The fourth-order valence-electron chi connectivity index (χ4n) is 3.34. The molecule has 164 valence electrons. The van der Waals surface area contributed by atoms with Crippen molar-refractivity contribution in [3.05, 3.63) is 60.4 Å². The summed E-state index contributed by atoms with van der Waals surface area (Å²) in [6, 6.07) is 10.8. The Labute approximate surface area is 183 Å². The molecule has 3 heterocycles. The maximum atomic E-state index is 12.3. The Hall–Kier alpha value is -3.92. The summed E-state index contributed by atoms with van der Waals surface area (Å²) in [4.78, 5) is 26.0. The maximum absolute atomic E-state index is 12.3. The number of nitrogens with one attached hydrogen (secondary N) is 2. The molecule has 0 unspecified atom stereocenters. The van der Waals surface area contributed by atoms with Crippen molar-refractivity contribution in [1.29, 1.82) is 0 Å². The second-order valence-corrected chi connectivity index (χ2v) is 7.98. The number of ether oxygens (including phenoxy) is 1. The molecule has 5 rings (SSSR count). The Morgan fingerprint density at radius 3 is 2.91 bits per heavy atom. The van der Waals surface area contributed by atoms with Crippen LogP contribution in [-0.2, 0) is 12.0 Å². The molecule has 1 saturated carbocycles. The van der Waals surface area contributed by atoms with Crippen LogP contribution in [0.15, 0.2) is 53.4 Å². The lowest BCUT2D eigenvalue weighted by Crippen LogP contribution is -2.24. The highest BCUT2D eigenvalue weighted by atomic mass is 16.7. The highest BCUT2D eigenvalue weighted by Gasteiger charge is 2.43. The number of carbonyl (C=O) groups excluding carboxylic acids is 1. The lowest BCUT2D eigenvalue weighted by molar-refractivity contribution is 0.153. The zero-order valence-electron chi connectivity index (χ0n) is 17.7. The van der Waals surface area contributed by atoms with E-state index in [-0.39, 0.29) is 5.41 Å². The van der Waals surface area contributed by atoms with Gasteiger partial charge in [-0.1, -0.05) is 12.1 Å². The first-order valence-corrected chi connectivity index (χ1v) is 10.2. The average Bonchev–Trinajstić information content (AvgIpc) is 3.17. The first-order chi connectivity index (χ1) is 15.5. The van der Waals surface area contributed by atoms with Crippen LogP contribution in [0.3, 0.4) is 0 Å². The molecule has 3 aromatic heterocycles. The van der Waals surface area contributed by atoms with Crippen LogP contribution in [0.2, 0.25) is 0 Å². The summed E-state index contributed by atoms with van der Waals surface area (Å²) in [7, 11) is 1.85. The zero-order chi connectivity index (χ0) is 22.1. The Balaban J connectivity index is 1.26. The van der Waals surface area contributed by atoms with Crippen LogP contribution >= 0.6 is 0 Å². The quantitative estimate of drug-likeness (QED) is 0.453. The Morgan fingerprint density at radius 2 is 2.09 bits per heavy atom. The van der Waals surface area contributed by atoms with Gasteiger partial charge in [0, 0.05) is 35.7 Å². The molecule has 10 nitrogen and oxygen atoms in total. The van der Waals surface area contributed by atoms with Gasteiger partial charge in [-0.15, -0.1) is 0 Å². The van der Waals surface area contributed by atoms with Crippen LogP contribution in [0, 0.1) is 0 Å². The number of carbonyl (C=O) groups is 1. The number of rotatable bonds is 7. The van der Waals surface area contributed by atoms with Crippen molar-refractivity contribution in [3.8, 4) is 11.6 Å². The molecule has 0 radical (unpaired) electrons. The molecule has 1 amide bonds. The van der Waals surface area contributed by atoms with E-state index in [2.05, 4.69) is 32.7 Å². The van der Waals surface area contributed by atoms with Crippen LogP contribution in [0.25, 0.3) is 10.9 Å². The van der Waals surface area contributed by atoms with Crippen molar-refractivity contribution >= 4 is 22.8 Å². The largest absolute Gasteiger partial charge is 0.439 e. The van der Waals surface area contributed by atoms with E-state index in [0.717, 1.165) is 29.7 Å². The summed E-state index contributed by atoms with van der Waals surface area (Å²) in [6.45, 7) is 2.72. The standard InChI is InChI=1S/C22H22N6O4/c1-22(6-7-22)18-11-19(27-31-18)26-21(29)32-28-8-5-14-9-16(3-4-17(14)28)30-20-10-15(12-23-2)24-13-25-20/h3-5,8-11,13,23H,6-7,12H2,1-2H3,(H,26,27,29). The monoisotopic (exact) mass is 434 g/mol. The number of anilines is 1. The van der Waals surface area contributed by atoms with Gasteiger partial charge in [-0.05, 0) is 44.2 Å². The zero-order valence-corrected chi connectivity index (χ0v) is 17.7. The number of nitrogens with zero attached hydrogens (tertiary/aromatic N) is 4. The van der Waals surface area contributed by atoms with Gasteiger partial charge < -0.3 is 19.4 Å². The maximum Gasteiger partial charge on any atom is 0.437 e. The minimum absolute atomic E-state index is 0.0352. The minimum atomic E-state index is -0.665. The third kappa shape index (κ3) is 4.12. The van der Waals surface area contributed by atoms with E-state index < -0.39 is 6.09 Å². The van der Waals surface area contributed by atoms with E-state index in [4.69, 9.17) is 14.1 Å². The Bertz CT molecular complexity index is 1280. The molecule has 0 bridgehead atoms. The summed E-state index contributed by atoms with van der Waals surface area (Å²) in [6.07, 6.45) is 4.57. The average molecular weight is 434 g/mol. The molecular formula is C22H22N6O4. The highest BCUT2D eigenvalue weighted by Crippen LogP contribution is 2.48. The molecule has 0 spiro atoms. The van der Waals surface area contributed by atoms with E-state index in [1.54, 1.807) is 30.5 Å². The molecule has 1 fully saturated rings. The summed E-state index contributed by atoms with van der Waals surface area (Å²) < 4.78 is 12.6. The number of fused-ring (bicyclic) bond motifs is 1. The molecule has 1 aliphatic carbocycles. The Kier molecular flexibility index (Phi) is 4.98. The molecule has 2 N–H and O–H groups in total. The molecule has 10 heteroatoms. The minimum Gasteiger partial charge on any atom is -0.439 e. The SMILES string of the molecule is CNCc1cc(Oc2ccc3c(ccn3OC(=O)Nc3cc(C4(C)CC4)on3)c2)ncn1. The van der Waals surface area contributed by atoms with Crippen LogP contribution < -0.4 is 20.2 Å². The van der Waals surface area contributed by atoms with E-state index in [1.165, 1.54) is 11.1 Å². The molecule has 32 heavy (non-hydrogen) atoms. The van der Waals surface area contributed by atoms with Gasteiger partial charge in [-0.3, -0.25) is 5.32 Å². The number of hydrogen-bond acceptors (Lipinski definition) is 8.